The van der Waals surface area contributed by atoms with Crippen LogP contribution in [0.3, 0.4) is 0 Å². The minimum absolute atomic E-state index is 0. The highest BCUT2D eigenvalue weighted by atomic mass is 35.5. The van der Waals surface area contributed by atoms with Crippen LogP contribution < -0.4 is 11.1 Å². The van der Waals surface area contributed by atoms with Gasteiger partial charge in [-0.05, 0) is 37.3 Å². The summed E-state index contributed by atoms with van der Waals surface area (Å²) in [4.78, 5) is 14.6. The lowest BCUT2D eigenvalue weighted by Gasteiger charge is -2.31. The third-order valence-electron chi connectivity index (χ3n) is 5.03. The summed E-state index contributed by atoms with van der Waals surface area (Å²) in [5.41, 5.74) is 8.34. The number of nitrogens with two attached hydrogens (primary N) is 1. The van der Waals surface area contributed by atoms with Crippen LogP contribution in [0, 0.1) is 5.92 Å². The molecule has 3 rings (SSSR count). The van der Waals surface area contributed by atoms with E-state index >= 15 is 0 Å². The smallest absolute Gasteiger partial charge is 0.223 e. The fourth-order valence-corrected chi connectivity index (χ4v) is 3.72. The van der Waals surface area contributed by atoms with Gasteiger partial charge >= 0.3 is 0 Å². The zero-order valence-corrected chi connectivity index (χ0v) is 17.0. The molecule has 2 fully saturated rings. The molecule has 2 aliphatic rings. The van der Waals surface area contributed by atoms with E-state index < -0.39 is 0 Å². The van der Waals surface area contributed by atoms with Crippen LogP contribution in [-0.4, -0.2) is 42.6 Å². The summed E-state index contributed by atoms with van der Waals surface area (Å²) in [6, 6.07) is 8.69. The van der Waals surface area contributed by atoms with Crippen LogP contribution in [0.2, 0.25) is 0 Å². The SMILES string of the molecule is CC1CN(Cc2cccc(CNC(=O)C3CCC(N)C3)c2)CCO1.Cl.Cl. The van der Waals surface area contributed by atoms with E-state index in [1.807, 2.05) is 0 Å². The van der Waals surface area contributed by atoms with Crippen LogP contribution in [0.1, 0.15) is 37.3 Å². The Labute approximate surface area is 168 Å². The number of halogens is 2. The quantitative estimate of drug-likeness (QED) is 0.792. The molecule has 0 radical (unpaired) electrons. The van der Waals surface area contributed by atoms with E-state index in [-0.39, 0.29) is 42.7 Å². The van der Waals surface area contributed by atoms with Crippen molar-refractivity contribution < 1.29 is 9.53 Å². The number of benzene rings is 1. The van der Waals surface area contributed by atoms with Crippen LogP contribution in [0.15, 0.2) is 24.3 Å². The molecule has 3 atom stereocenters. The normalized spacial score (nSPS) is 25.8. The molecule has 1 saturated carbocycles. The zero-order chi connectivity index (χ0) is 16.9. The second-order valence-corrected chi connectivity index (χ2v) is 7.22. The Balaban J connectivity index is 0.00000169. The van der Waals surface area contributed by atoms with Gasteiger partial charge in [-0.25, -0.2) is 0 Å². The highest BCUT2D eigenvalue weighted by Gasteiger charge is 2.27. The summed E-state index contributed by atoms with van der Waals surface area (Å²) in [6.45, 7) is 6.41. The van der Waals surface area contributed by atoms with Crippen LogP contribution in [0.4, 0.5) is 0 Å². The first kappa shape index (κ1) is 23.2. The highest BCUT2D eigenvalue weighted by molar-refractivity contribution is 5.85. The van der Waals surface area contributed by atoms with Crippen molar-refractivity contribution in [2.75, 3.05) is 19.7 Å². The van der Waals surface area contributed by atoms with Gasteiger partial charge in [0, 0.05) is 38.1 Å². The highest BCUT2D eigenvalue weighted by Crippen LogP contribution is 2.24. The second kappa shape index (κ2) is 11.1. The Morgan fingerprint density at radius 1 is 1.31 bits per heavy atom. The molecule has 0 aromatic heterocycles. The largest absolute Gasteiger partial charge is 0.376 e. The van der Waals surface area contributed by atoms with E-state index in [2.05, 4.69) is 41.4 Å². The van der Waals surface area contributed by atoms with Gasteiger partial charge in [0.15, 0.2) is 0 Å². The molecule has 5 nitrogen and oxygen atoms in total. The number of amides is 1. The summed E-state index contributed by atoms with van der Waals surface area (Å²) < 4.78 is 5.59. The topological polar surface area (TPSA) is 67.6 Å². The molecule has 7 heteroatoms. The molecule has 1 heterocycles. The van der Waals surface area contributed by atoms with Crippen molar-refractivity contribution in [1.29, 1.82) is 0 Å². The molecule has 26 heavy (non-hydrogen) atoms. The van der Waals surface area contributed by atoms with Gasteiger partial charge in [0.05, 0.1) is 12.7 Å². The number of rotatable bonds is 5. The fraction of sp³-hybridized carbons (Fsp3) is 0.632. The van der Waals surface area contributed by atoms with Crippen molar-refractivity contribution in [3.63, 3.8) is 0 Å². The number of hydrogen-bond donors (Lipinski definition) is 2. The van der Waals surface area contributed by atoms with Crippen molar-refractivity contribution >= 4 is 30.7 Å². The zero-order valence-electron chi connectivity index (χ0n) is 15.4. The average molecular weight is 404 g/mol. The summed E-state index contributed by atoms with van der Waals surface area (Å²) >= 11 is 0. The minimum atomic E-state index is 0. The number of carbonyl (C=O) groups is 1. The molecule has 1 aromatic rings. The predicted molar refractivity (Wildman–Crippen MR) is 109 cm³/mol. The Kier molecular flexibility index (Phi) is 9.90. The fourth-order valence-electron chi connectivity index (χ4n) is 3.72. The van der Waals surface area contributed by atoms with Crippen LogP contribution in [0.25, 0.3) is 0 Å². The van der Waals surface area contributed by atoms with Crippen LogP contribution >= 0.6 is 24.8 Å². The van der Waals surface area contributed by atoms with E-state index in [9.17, 15) is 4.79 Å². The van der Waals surface area contributed by atoms with Gasteiger partial charge in [-0.15, -0.1) is 24.8 Å². The summed E-state index contributed by atoms with van der Waals surface area (Å²) in [7, 11) is 0. The standard InChI is InChI=1S/C19H29N3O2.2ClH/c1-14-12-22(7-8-24-14)13-16-4-2-3-15(9-16)11-21-19(23)17-5-6-18(20)10-17;;/h2-4,9,14,17-18H,5-8,10-13,20H2,1H3,(H,21,23);2*1H. The minimum Gasteiger partial charge on any atom is -0.376 e. The van der Waals surface area contributed by atoms with Crippen molar-refractivity contribution in [3.05, 3.63) is 35.4 Å². The molecular weight excluding hydrogens is 373 g/mol. The third kappa shape index (κ3) is 6.71. The van der Waals surface area contributed by atoms with E-state index in [1.54, 1.807) is 0 Å². The first-order valence-electron chi connectivity index (χ1n) is 9.05. The van der Waals surface area contributed by atoms with Crippen LogP contribution in [0.5, 0.6) is 0 Å². The number of nitrogens with zero attached hydrogens (tertiary/aromatic N) is 1. The number of carbonyl (C=O) groups excluding carboxylic acids is 1. The van der Waals surface area contributed by atoms with E-state index in [0.29, 0.717) is 12.6 Å². The third-order valence-corrected chi connectivity index (χ3v) is 5.03. The maximum atomic E-state index is 12.2. The second-order valence-electron chi connectivity index (χ2n) is 7.22. The maximum Gasteiger partial charge on any atom is 0.223 e. The molecule has 1 aliphatic heterocycles. The van der Waals surface area contributed by atoms with Gasteiger partial charge in [-0.1, -0.05) is 24.3 Å². The molecular formula is C19H31Cl2N3O2. The predicted octanol–water partition coefficient (Wildman–Crippen LogP) is 2.49. The molecule has 3 N–H and O–H groups in total. The van der Waals surface area contributed by atoms with E-state index in [1.165, 1.54) is 5.56 Å². The van der Waals surface area contributed by atoms with Gasteiger partial charge in [0.1, 0.15) is 0 Å². The average Bonchev–Trinajstić information content (AvgIpc) is 3.00. The molecule has 148 valence electrons. The summed E-state index contributed by atoms with van der Waals surface area (Å²) in [6.07, 6.45) is 3.01. The molecule has 1 saturated heterocycles. The molecule has 1 aromatic carbocycles. The first-order chi connectivity index (χ1) is 11.6. The lowest BCUT2D eigenvalue weighted by atomic mass is 10.1. The van der Waals surface area contributed by atoms with Gasteiger partial charge in [-0.3, -0.25) is 9.69 Å². The monoisotopic (exact) mass is 403 g/mol. The Morgan fingerprint density at radius 3 is 2.77 bits per heavy atom. The maximum absolute atomic E-state index is 12.2. The Hall–Kier alpha value is -0.850. The van der Waals surface area contributed by atoms with Crippen molar-refractivity contribution in [1.82, 2.24) is 10.2 Å². The van der Waals surface area contributed by atoms with E-state index in [4.69, 9.17) is 10.5 Å². The first-order valence-corrected chi connectivity index (χ1v) is 9.05. The number of ether oxygens (including phenoxy) is 1. The van der Waals surface area contributed by atoms with Crippen molar-refractivity contribution in [2.24, 2.45) is 11.7 Å². The Bertz CT molecular complexity index is 573. The number of nitrogens with one attached hydrogen (secondary N) is 1. The number of morpholine rings is 1. The van der Waals surface area contributed by atoms with Crippen molar-refractivity contribution in [3.8, 4) is 0 Å². The molecule has 0 bridgehead atoms. The molecule has 3 unspecified atom stereocenters. The van der Waals surface area contributed by atoms with E-state index in [0.717, 1.165) is 51.1 Å². The van der Waals surface area contributed by atoms with Gasteiger partial charge in [-0.2, -0.15) is 0 Å². The Morgan fingerprint density at radius 2 is 2.08 bits per heavy atom. The van der Waals surface area contributed by atoms with Crippen LogP contribution in [-0.2, 0) is 22.6 Å². The molecule has 0 spiro atoms. The number of hydrogen-bond acceptors (Lipinski definition) is 4. The van der Waals surface area contributed by atoms with Gasteiger partial charge in [0.25, 0.3) is 0 Å². The lowest BCUT2D eigenvalue weighted by Crippen LogP contribution is -2.40. The van der Waals surface area contributed by atoms with Crippen molar-refractivity contribution in [2.45, 2.75) is 51.4 Å². The summed E-state index contributed by atoms with van der Waals surface area (Å²) in [5, 5.41) is 3.07. The molecule has 1 amide bonds. The van der Waals surface area contributed by atoms with Gasteiger partial charge in [0.2, 0.25) is 5.91 Å². The lowest BCUT2D eigenvalue weighted by molar-refractivity contribution is -0.125. The van der Waals surface area contributed by atoms with Gasteiger partial charge < -0.3 is 15.8 Å². The summed E-state index contributed by atoms with van der Waals surface area (Å²) in [5.74, 6) is 0.244. The molecule has 1 aliphatic carbocycles.